The Morgan fingerprint density at radius 3 is 1.22 bits per heavy atom. The van der Waals surface area contributed by atoms with Crippen molar-refractivity contribution < 1.29 is 76.7 Å². The minimum Gasteiger partial charge on any atom is -0.382 e. The van der Waals surface area contributed by atoms with Crippen molar-refractivity contribution in [1.82, 2.24) is 54.3 Å². The number of nitrogens with two attached hydrogens (primary N) is 1. The highest BCUT2D eigenvalue weighted by molar-refractivity contribution is 6.33. The van der Waals surface area contributed by atoms with Gasteiger partial charge in [0, 0.05) is 115 Å². The van der Waals surface area contributed by atoms with Crippen LogP contribution in [0.1, 0.15) is 156 Å². The molecule has 12 heterocycles. The predicted molar refractivity (Wildman–Crippen MR) is 446 cm³/mol. The second kappa shape index (κ2) is 35.9. The van der Waals surface area contributed by atoms with Gasteiger partial charge in [-0.05, 0) is 210 Å². The number of piperidine rings is 3. The lowest BCUT2D eigenvalue weighted by atomic mass is 9.99. The van der Waals surface area contributed by atoms with Crippen molar-refractivity contribution in [2.75, 3.05) is 71.0 Å². The second-order valence-corrected chi connectivity index (χ2v) is 33.3. The smallest absolute Gasteiger partial charge is 0.261 e. The molecule has 3 saturated heterocycles. The molecule has 3 atom stereocenters. The fourth-order valence-corrected chi connectivity index (χ4v) is 17.6. The number of imide groups is 2. The van der Waals surface area contributed by atoms with Crippen LogP contribution in [0.15, 0.2) is 116 Å². The molecule has 0 saturated carbocycles. The Kier molecular flexibility index (Phi) is 25.2. The zero-order valence-corrected chi connectivity index (χ0v) is 69.4. The van der Waals surface area contributed by atoms with Crippen LogP contribution in [0, 0.1) is 69.8 Å². The van der Waals surface area contributed by atoms with Crippen LogP contribution in [0.2, 0.25) is 5.02 Å². The number of imidazole rings is 1. The number of aromatic amines is 4. The highest BCUT2D eigenvalue weighted by Gasteiger charge is 2.45. The first-order valence-electron chi connectivity index (χ1n) is 40.7. The number of anilines is 2. The summed E-state index contributed by atoms with van der Waals surface area (Å²) in [6, 6.07) is 13.5. The number of pyridine rings is 3. The van der Waals surface area contributed by atoms with E-state index < -0.39 is 122 Å². The molecule has 8 N–H and O–H groups in total. The first kappa shape index (κ1) is 88.5. The molecule has 3 fully saturated rings. The van der Waals surface area contributed by atoms with E-state index in [2.05, 4.69) is 62.3 Å². The van der Waals surface area contributed by atoms with Gasteiger partial charge in [-0.25, -0.2) is 57.7 Å². The molecule has 8 aliphatic heterocycles. The number of H-pyrrole nitrogens is 4. The topological polar surface area (TPSA) is 307 Å². The second-order valence-electron chi connectivity index (χ2n) is 32.9. The molecule has 5 amide bonds. The van der Waals surface area contributed by atoms with E-state index in [0.717, 1.165) is 76.1 Å². The normalized spacial score (nSPS) is 17.4. The lowest BCUT2D eigenvalue weighted by Crippen LogP contribution is -2.46. The average molecular weight is 1770 g/mol. The molecule has 18 rings (SSSR count). The van der Waals surface area contributed by atoms with E-state index >= 15 is 0 Å². The van der Waals surface area contributed by atoms with Gasteiger partial charge >= 0.3 is 0 Å². The Hall–Kier alpha value is -12.4. The zero-order valence-electron chi connectivity index (χ0n) is 68.6. The monoisotopic (exact) mass is 1770 g/mol. The largest absolute Gasteiger partial charge is 0.382 e. The first-order valence-corrected chi connectivity index (χ1v) is 41.1. The van der Waals surface area contributed by atoms with Crippen LogP contribution in [0.4, 0.5) is 75.4 Å². The maximum absolute atomic E-state index is 14.2. The van der Waals surface area contributed by atoms with Crippen molar-refractivity contribution in [1.29, 1.82) is 0 Å². The Bertz CT molecular complexity index is 6240. The molecule has 8 aliphatic rings. The zero-order chi connectivity index (χ0) is 90.0. The summed E-state index contributed by atoms with van der Waals surface area (Å²) >= 11 is 6.16. The molecule has 4 aromatic heterocycles. The number of halogens is 13. The van der Waals surface area contributed by atoms with Crippen LogP contribution >= 0.6 is 11.6 Å². The summed E-state index contributed by atoms with van der Waals surface area (Å²) < 4.78 is 163. The van der Waals surface area contributed by atoms with Crippen molar-refractivity contribution >= 4 is 86.3 Å². The van der Waals surface area contributed by atoms with Crippen LogP contribution in [0.25, 0.3) is 22.4 Å². The number of likely N-dealkylation sites (tertiary alicyclic amines) is 3. The van der Waals surface area contributed by atoms with Gasteiger partial charge in [-0.3, -0.25) is 58.1 Å². The Morgan fingerprint density at radius 2 is 0.802 bits per heavy atom. The number of nitrogens with one attached hydrogen (secondary N) is 6. The SMILES string of the molecule is CN1CCC(N2C(=O)c3cc4nc(-c5c(Cl)cc[nH]c5=O)[nH]c4cc3C2=O)CC1.C[C@@H](Cc1c(F)c(F)cc(F)c1F)Nc1cc[nH]c(=O)c1C1=Nc2cc3c(cc2C1)C(=O)N(C1CCN(C)CC1)C3.C[C@@H](Cc1c(F)c(F)cc(F)c1F)Nc1cc[nH]c(=O)c1C1=Nc2cc3c(cc2C1)C(=O)N(C1CCN(C)CC1)C3=O.C[C@H](N)Cc1c(F)c(F)cc(F)c1F. The summed E-state index contributed by atoms with van der Waals surface area (Å²) in [7, 11) is 6.12. The van der Waals surface area contributed by atoms with Crippen molar-refractivity contribution in [2.24, 2.45) is 15.7 Å². The third-order valence-electron chi connectivity index (χ3n) is 23.8. The van der Waals surface area contributed by atoms with Crippen LogP contribution in [0.5, 0.6) is 0 Å². The number of hydrogen-bond donors (Lipinski definition) is 7. The highest BCUT2D eigenvalue weighted by Crippen LogP contribution is 2.42. The summed E-state index contributed by atoms with van der Waals surface area (Å²) in [5, 5.41) is 6.32. The van der Waals surface area contributed by atoms with Crippen molar-refractivity contribution in [2.45, 2.75) is 134 Å². The predicted octanol–water partition coefficient (Wildman–Crippen LogP) is 13.4. The third kappa shape index (κ3) is 17.5. The molecular weight excluding hydrogens is 1680 g/mol. The third-order valence-corrected chi connectivity index (χ3v) is 24.2. The number of hydrogen-bond acceptors (Lipinski definition) is 17. The molecule has 0 unspecified atom stereocenters. The minimum absolute atomic E-state index is 0.0211. The number of aliphatic imine (C=N–C) groups is 2. The highest BCUT2D eigenvalue weighted by atomic mass is 35.5. The van der Waals surface area contributed by atoms with Gasteiger partial charge in [0.25, 0.3) is 46.2 Å². The number of nitrogens with zero attached hydrogens (tertiary/aromatic N) is 9. The van der Waals surface area contributed by atoms with E-state index in [0.29, 0.717) is 105 Å². The number of carbonyl (C=O) groups excluding carboxylic acids is 5. The number of carbonyl (C=O) groups is 5. The van der Waals surface area contributed by atoms with E-state index in [9.17, 15) is 91.0 Å². The lowest BCUT2D eigenvalue weighted by Gasteiger charge is -2.34. The number of fused-ring (bicyclic) bond motifs is 6. The maximum atomic E-state index is 14.2. The minimum atomic E-state index is -1.50. The first-order chi connectivity index (χ1) is 60.0. The molecule has 0 radical (unpaired) electrons. The molecule has 658 valence electrons. The summed E-state index contributed by atoms with van der Waals surface area (Å²) in [5.41, 5.74) is 10.7. The average Bonchev–Trinajstić information content (AvgIpc) is 1.60. The van der Waals surface area contributed by atoms with Crippen molar-refractivity contribution in [3.63, 3.8) is 0 Å². The van der Waals surface area contributed by atoms with Gasteiger partial charge in [0.05, 0.1) is 83.6 Å². The summed E-state index contributed by atoms with van der Waals surface area (Å²) in [5.74, 6) is -18.2. The van der Waals surface area contributed by atoms with Crippen LogP contribution in [-0.4, -0.2) is 192 Å². The molecule has 10 aromatic rings. The van der Waals surface area contributed by atoms with Gasteiger partial charge in [0.1, 0.15) is 11.4 Å². The van der Waals surface area contributed by atoms with Crippen LogP contribution < -0.4 is 33.0 Å². The lowest BCUT2D eigenvalue weighted by molar-refractivity contribution is 0.0501. The van der Waals surface area contributed by atoms with E-state index in [1.54, 1.807) is 56.3 Å². The molecule has 37 heteroatoms. The molecule has 24 nitrogen and oxygen atoms in total. The summed E-state index contributed by atoms with van der Waals surface area (Å²) in [6.45, 7) is 10.4. The molecule has 6 aromatic carbocycles. The quantitative estimate of drug-likeness (QED) is 0.0269. The Morgan fingerprint density at radius 1 is 0.437 bits per heavy atom. The molecule has 0 aliphatic carbocycles. The summed E-state index contributed by atoms with van der Waals surface area (Å²) in [4.78, 5) is 140. The molecular formula is C89H83ClF12N16O8. The van der Waals surface area contributed by atoms with Gasteiger partial charge in [-0.2, -0.15) is 0 Å². The van der Waals surface area contributed by atoms with E-state index in [4.69, 9.17) is 22.3 Å². The number of aromatic nitrogens is 5. The van der Waals surface area contributed by atoms with Crippen LogP contribution in [0.3, 0.4) is 0 Å². The van der Waals surface area contributed by atoms with Gasteiger partial charge in [-0.1, -0.05) is 11.6 Å². The van der Waals surface area contributed by atoms with Gasteiger partial charge in [0.15, 0.2) is 69.8 Å². The number of amides is 5. The van der Waals surface area contributed by atoms with Gasteiger partial charge < -0.3 is 55.9 Å². The van der Waals surface area contributed by atoms with Crippen molar-refractivity contribution in [3.8, 4) is 11.4 Å². The maximum Gasteiger partial charge on any atom is 0.261 e. The Balaban J connectivity index is 0.000000137. The van der Waals surface area contributed by atoms with E-state index in [1.165, 1.54) is 35.3 Å². The van der Waals surface area contributed by atoms with Crippen LogP contribution in [-0.2, 0) is 38.6 Å². The molecule has 126 heavy (non-hydrogen) atoms. The fraction of sp³-hybridized carbons (Fsp3) is 0.337. The summed E-state index contributed by atoms with van der Waals surface area (Å²) in [6.07, 6.45) is 8.63. The van der Waals surface area contributed by atoms with Gasteiger partial charge in [-0.15, -0.1) is 0 Å². The fourth-order valence-electron chi connectivity index (χ4n) is 17.3. The Labute approximate surface area is 716 Å². The van der Waals surface area contributed by atoms with E-state index in [1.807, 2.05) is 31.1 Å². The molecule has 0 bridgehead atoms. The standard InChI is InChI=1S/C30H27F4N5O3.C30H29F4N5O2.C20H18ClN5O3.C9H9F4N/c1-14(9-19-26(33)20(31)13-21(32)27(19)34)36-22-3-6-35-28(40)25(22)24-11-15-10-17-18(12-23(15)37-24)30(42)39(29(17)41)16-4-7-38(2)8-5-16;1-15(9-20-27(33)21(31)13-22(32)28(20)34)36-23-3-6-35-29(40)26(23)25-11-16-10-19-17(12-24(16)37-25)14-39(30(19)41)18-4-7-38(2)8-5-18;1-25-6-3-10(4-7-25)26-19(28)11-8-14-15(9-12(11)20(26)29)24-17(23-14)16-13(21)2-5-22-18(16)27;1-4(14)2-5-8(12)6(10)3-7(11)9(5)13/h3,6,10,12-14,16H,4-5,7-9,11H2,1-2H3,(H2,35,36,40);3,6,10,12-13,15,18H,4-5,7-9,11,14H2,1-2H3,(H2,35,36,40);2,5,8-10H,3-4,6-7H2,1H3,(H,22,27)(H,23,24);3-4H,2,14H2,1H3/t14-;15-;;4-/m00.0/s1. The number of benzene rings is 6. The molecule has 0 spiro atoms. The van der Waals surface area contributed by atoms with Gasteiger partial charge in [0.2, 0.25) is 0 Å². The number of rotatable bonds is 16. The van der Waals surface area contributed by atoms with Crippen molar-refractivity contribution in [3.05, 3.63) is 270 Å². The van der Waals surface area contributed by atoms with E-state index in [-0.39, 0.29) is 118 Å².